The molecule has 0 fully saturated rings. The average molecular weight is 558 g/mol. The van der Waals surface area contributed by atoms with E-state index in [0.29, 0.717) is 19.4 Å². The maximum atomic E-state index is 12.9. The average Bonchev–Trinajstić information content (AvgIpc) is 2.84. The number of aliphatic imine (C=N–C) groups is 3. The van der Waals surface area contributed by atoms with Crippen molar-refractivity contribution in [3.8, 4) is 0 Å². The molecule has 3 amide bonds. The van der Waals surface area contributed by atoms with Gasteiger partial charge in [0.05, 0.1) is 6.04 Å². The molecule has 0 heterocycles. The molecule has 0 aromatic rings. The first kappa shape index (κ1) is 34.6. The lowest BCUT2D eigenvalue weighted by Crippen LogP contribution is -2.56. The lowest BCUT2D eigenvalue weighted by atomic mass is 10.1. The van der Waals surface area contributed by atoms with Gasteiger partial charge >= 0.3 is 5.97 Å². The second-order valence-corrected chi connectivity index (χ2v) is 8.64. The SMILES string of the molecule is C[C@H](NC(=O)[C@@H](N)CCCN=C(N)N)C(=O)N[C@@H](CCCN=C(N)N)C(=O)N[C@@H](CCCN=C(N)N)C(=O)O. The van der Waals surface area contributed by atoms with Crippen molar-refractivity contribution in [1.29, 1.82) is 0 Å². The second kappa shape index (κ2) is 18.8. The minimum Gasteiger partial charge on any atom is -0.480 e. The van der Waals surface area contributed by atoms with Crippen molar-refractivity contribution < 1.29 is 24.3 Å². The Kier molecular flexibility index (Phi) is 16.7. The van der Waals surface area contributed by atoms with E-state index in [1.54, 1.807) is 0 Å². The summed E-state index contributed by atoms with van der Waals surface area (Å²) in [5, 5.41) is 16.9. The smallest absolute Gasteiger partial charge is 0.326 e. The van der Waals surface area contributed by atoms with Crippen molar-refractivity contribution in [3.63, 3.8) is 0 Å². The first-order chi connectivity index (χ1) is 18.2. The zero-order valence-corrected chi connectivity index (χ0v) is 22.1. The third-order valence-electron chi connectivity index (χ3n) is 5.19. The molecular formula is C21H43N13O5. The molecule has 4 atom stereocenters. The summed E-state index contributed by atoms with van der Waals surface area (Å²) in [4.78, 5) is 61.1. The van der Waals surface area contributed by atoms with E-state index in [-0.39, 0.29) is 56.7 Å². The fourth-order valence-corrected chi connectivity index (χ4v) is 3.14. The molecule has 0 aromatic heterocycles. The molecule has 0 rings (SSSR count). The minimum atomic E-state index is -1.27. The van der Waals surface area contributed by atoms with E-state index in [1.807, 2.05) is 0 Å². The number of nitrogens with zero attached hydrogens (tertiary/aromatic N) is 3. The monoisotopic (exact) mass is 557 g/mol. The van der Waals surface area contributed by atoms with Crippen LogP contribution in [-0.2, 0) is 19.2 Å². The van der Waals surface area contributed by atoms with Gasteiger partial charge in [-0.1, -0.05) is 0 Å². The van der Waals surface area contributed by atoms with Crippen LogP contribution in [0.5, 0.6) is 0 Å². The number of amides is 3. The quantitative estimate of drug-likeness (QED) is 0.0404. The Balaban J connectivity index is 5.21. The maximum absolute atomic E-state index is 12.9. The highest BCUT2D eigenvalue weighted by atomic mass is 16.4. The highest BCUT2D eigenvalue weighted by Crippen LogP contribution is 2.04. The van der Waals surface area contributed by atoms with E-state index in [9.17, 15) is 24.3 Å². The molecule has 0 unspecified atom stereocenters. The summed E-state index contributed by atoms with van der Waals surface area (Å²) in [6.45, 7) is 2.05. The largest absolute Gasteiger partial charge is 0.480 e. The highest BCUT2D eigenvalue weighted by molar-refractivity contribution is 5.93. The number of hydrogen-bond donors (Lipinski definition) is 11. The van der Waals surface area contributed by atoms with Gasteiger partial charge in [-0.05, 0) is 45.4 Å². The molecule has 222 valence electrons. The summed E-state index contributed by atoms with van der Waals surface area (Å²) >= 11 is 0. The standard InChI is InChI=1S/C21H43N13O5/c1-11(32-16(36)12(22)5-2-8-29-19(23)24)15(35)33-13(6-3-9-30-20(25)26)17(37)34-14(18(38)39)7-4-10-31-21(27)28/h11-14H,2-10,22H2,1H3,(H,32,36)(H,33,35)(H,34,37)(H,38,39)(H4,23,24,29)(H4,25,26,30)(H4,27,28,31)/t11-,12-,13-,14-/m0/s1. The number of nitrogens with two attached hydrogens (primary N) is 7. The van der Waals surface area contributed by atoms with Crippen LogP contribution in [0.1, 0.15) is 45.4 Å². The van der Waals surface area contributed by atoms with Crippen molar-refractivity contribution in [1.82, 2.24) is 16.0 Å². The topological polar surface area (TPSA) is 344 Å². The fourth-order valence-electron chi connectivity index (χ4n) is 3.14. The molecule has 0 radical (unpaired) electrons. The van der Waals surface area contributed by atoms with Crippen LogP contribution in [0.3, 0.4) is 0 Å². The van der Waals surface area contributed by atoms with E-state index in [2.05, 4.69) is 30.9 Å². The number of aliphatic carboxylic acids is 1. The molecular weight excluding hydrogens is 514 g/mol. The van der Waals surface area contributed by atoms with Gasteiger partial charge in [-0.25, -0.2) is 4.79 Å². The van der Waals surface area contributed by atoms with Gasteiger partial charge in [-0.15, -0.1) is 0 Å². The van der Waals surface area contributed by atoms with Gasteiger partial charge in [0.15, 0.2) is 17.9 Å². The number of carboxylic acids is 1. The maximum Gasteiger partial charge on any atom is 0.326 e. The van der Waals surface area contributed by atoms with Crippen molar-refractivity contribution in [2.24, 2.45) is 55.1 Å². The van der Waals surface area contributed by atoms with Crippen molar-refractivity contribution in [2.45, 2.75) is 69.6 Å². The van der Waals surface area contributed by atoms with Crippen LogP contribution in [0.4, 0.5) is 0 Å². The van der Waals surface area contributed by atoms with Crippen molar-refractivity contribution >= 4 is 41.6 Å². The van der Waals surface area contributed by atoms with Gasteiger partial charge in [0, 0.05) is 19.6 Å². The van der Waals surface area contributed by atoms with E-state index in [0.717, 1.165) is 0 Å². The molecule has 0 aliphatic heterocycles. The van der Waals surface area contributed by atoms with Crippen molar-refractivity contribution in [2.75, 3.05) is 19.6 Å². The normalized spacial score (nSPS) is 13.5. The zero-order chi connectivity index (χ0) is 30.0. The van der Waals surface area contributed by atoms with Gasteiger partial charge in [-0.2, -0.15) is 0 Å². The first-order valence-electron chi connectivity index (χ1n) is 12.3. The molecule has 18 heteroatoms. The number of hydrogen-bond acceptors (Lipinski definition) is 8. The summed E-state index contributed by atoms with van der Waals surface area (Å²) in [6, 6.07) is -4.36. The molecule has 0 aliphatic carbocycles. The Labute approximate surface area is 226 Å². The third kappa shape index (κ3) is 16.9. The van der Waals surface area contributed by atoms with Crippen LogP contribution in [0.2, 0.25) is 0 Å². The van der Waals surface area contributed by atoms with Gasteiger partial charge < -0.3 is 61.2 Å². The Morgan fingerprint density at radius 3 is 1.49 bits per heavy atom. The lowest BCUT2D eigenvalue weighted by molar-refractivity contribution is -0.142. The van der Waals surface area contributed by atoms with E-state index >= 15 is 0 Å². The third-order valence-corrected chi connectivity index (χ3v) is 5.19. The summed E-state index contributed by atoms with van der Waals surface area (Å²) < 4.78 is 0. The summed E-state index contributed by atoms with van der Waals surface area (Å²) in [7, 11) is 0. The summed E-state index contributed by atoms with van der Waals surface area (Å²) in [6.07, 6.45) is 1.42. The van der Waals surface area contributed by atoms with Crippen LogP contribution >= 0.6 is 0 Å². The Morgan fingerprint density at radius 2 is 1.05 bits per heavy atom. The van der Waals surface area contributed by atoms with Crippen LogP contribution in [-0.4, -0.2) is 90.5 Å². The second-order valence-electron chi connectivity index (χ2n) is 8.64. The molecule has 39 heavy (non-hydrogen) atoms. The summed E-state index contributed by atoms with van der Waals surface area (Å²) in [5.74, 6) is -3.62. The Bertz CT molecular complexity index is 897. The Morgan fingerprint density at radius 1 is 0.641 bits per heavy atom. The molecule has 0 aromatic carbocycles. The minimum absolute atomic E-state index is 0.0417. The summed E-state index contributed by atoms with van der Waals surface area (Å²) in [5.41, 5.74) is 37.5. The molecule has 0 saturated heterocycles. The zero-order valence-electron chi connectivity index (χ0n) is 22.1. The number of carbonyl (C=O) groups is 4. The highest BCUT2D eigenvalue weighted by Gasteiger charge is 2.28. The molecule has 0 bridgehead atoms. The van der Waals surface area contributed by atoms with E-state index < -0.39 is 47.9 Å². The number of nitrogens with one attached hydrogen (secondary N) is 3. The lowest BCUT2D eigenvalue weighted by Gasteiger charge is -2.23. The van der Waals surface area contributed by atoms with Crippen molar-refractivity contribution in [3.05, 3.63) is 0 Å². The molecule has 0 spiro atoms. The van der Waals surface area contributed by atoms with Crippen LogP contribution in [0.15, 0.2) is 15.0 Å². The first-order valence-corrected chi connectivity index (χ1v) is 12.3. The predicted octanol–water partition coefficient (Wildman–Crippen LogP) is -4.97. The van der Waals surface area contributed by atoms with Crippen LogP contribution in [0.25, 0.3) is 0 Å². The van der Waals surface area contributed by atoms with Gasteiger partial charge in [0.2, 0.25) is 17.7 Å². The van der Waals surface area contributed by atoms with E-state index in [4.69, 9.17) is 40.1 Å². The molecule has 0 aliphatic rings. The van der Waals surface area contributed by atoms with Gasteiger partial charge in [-0.3, -0.25) is 29.4 Å². The number of guanidine groups is 3. The van der Waals surface area contributed by atoms with Gasteiger partial charge in [0.25, 0.3) is 0 Å². The molecule has 18 nitrogen and oxygen atoms in total. The predicted molar refractivity (Wildman–Crippen MR) is 147 cm³/mol. The molecule has 0 saturated carbocycles. The van der Waals surface area contributed by atoms with Crippen LogP contribution < -0.4 is 56.1 Å². The number of rotatable bonds is 19. The molecule has 18 N–H and O–H groups in total. The van der Waals surface area contributed by atoms with Crippen LogP contribution in [0, 0.1) is 0 Å². The van der Waals surface area contributed by atoms with E-state index in [1.165, 1.54) is 6.92 Å². The fraction of sp³-hybridized carbons (Fsp3) is 0.667. The number of carbonyl (C=O) groups excluding carboxylic acids is 3. The number of carboxylic acid groups (broad SMARTS) is 1. The van der Waals surface area contributed by atoms with Gasteiger partial charge in [0.1, 0.15) is 18.1 Å². The Hall–Kier alpha value is -4.35.